The van der Waals surface area contributed by atoms with Crippen molar-refractivity contribution in [2.24, 2.45) is 5.73 Å². The van der Waals surface area contributed by atoms with Crippen LogP contribution >= 0.6 is 0 Å². The van der Waals surface area contributed by atoms with Crippen LogP contribution in [0.1, 0.15) is 48.0 Å². The van der Waals surface area contributed by atoms with E-state index < -0.39 is 15.7 Å². The molecule has 4 rings (SSSR count). The number of hydrogen-bond donors (Lipinski definition) is 1. The SMILES string of the molecule is CCS(=O)(=O)c1ccc(Cc2cc3cc(C(N)=O)ccc3n2Cc2ccc(F)cc2OC(C)C)cc1. The molecule has 0 fully saturated rings. The number of aromatic nitrogens is 1. The molecule has 0 atom stereocenters. The molecule has 1 heterocycles. The summed E-state index contributed by atoms with van der Waals surface area (Å²) in [5.74, 6) is -0.368. The van der Waals surface area contributed by atoms with Crippen LogP contribution in [0.15, 0.2) is 71.6 Å². The molecule has 0 saturated carbocycles. The number of sulfone groups is 1. The molecule has 0 aliphatic heterocycles. The molecule has 0 radical (unpaired) electrons. The molecule has 0 spiro atoms. The zero-order valence-electron chi connectivity index (χ0n) is 20.5. The van der Waals surface area contributed by atoms with Crippen LogP contribution in [0.2, 0.25) is 0 Å². The number of fused-ring (bicyclic) bond motifs is 1. The molecule has 2 N–H and O–H groups in total. The van der Waals surface area contributed by atoms with Gasteiger partial charge in [0.1, 0.15) is 11.6 Å². The first kappa shape index (κ1) is 25.4. The fourth-order valence-corrected chi connectivity index (χ4v) is 5.08. The van der Waals surface area contributed by atoms with Gasteiger partial charge in [0.15, 0.2) is 9.84 Å². The summed E-state index contributed by atoms with van der Waals surface area (Å²) in [5, 5.41) is 0.847. The average Bonchev–Trinajstić information content (AvgIpc) is 3.16. The Morgan fingerprint density at radius 3 is 2.39 bits per heavy atom. The fraction of sp³-hybridized carbons (Fsp3) is 0.250. The van der Waals surface area contributed by atoms with Crippen LogP contribution < -0.4 is 10.5 Å². The first-order valence-corrected chi connectivity index (χ1v) is 13.4. The lowest BCUT2D eigenvalue weighted by Gasteiger charge is -2.17. The zero-order chi connectivity index (χ0) is 26.0. The number of amides is 1. The highest BCUT2D eigenvalue weighted by atomic mass is 32.2. The lowest BCUT2D eigenvalue weighted by Crippen LogP contribution is -2.11. The third-order valence-corrected chi connectivity index (χ3v) is 7.79. The van der Waals surface area contributed by atoms with E-state index in [4.69, 9.17) is 10.5 Å². The van der Waals surface area contributed by atoms with E-state index in [2.05, 4.69) is 4.57 Å². The number of hydrogen-bond acceptors (Lipinski definition) is 4. The van der Waals surface area contributed by atoms with Crippen molar-refractivity contribution in [1.82, 2.24) is 4.57 Å². The molecule has 1 amide bonds. The molecule has 8 heteroatoms. The van der Waals surface area contributed by atoms with Gasteiger partial charge in [-0.05, 0) is 61.9 Å². The normalized spacial score (nSPS) is 11.8. The van der Waals surface area contributed by atoms with Crippen LogP contribution in [0.5, 0.6) is 5.75 Å². The molecule has 1 aromatic heterocycles. The maximum absolute atomic E-state index is 14.0. The van der Waals surface area contributed by atoms with E-state index in [1.165, 1.54) is 12.1 Å². The Balaban J connectivity index is 1.78. The summed E-state index contributed by atoms with van der Waals surface area (Å²) >= 11 is 0. The zero-order valence-corrected chi connectivity index (χ0v) is 21.3. The molecule has 0 unspecified atom stereocenters. The number of ether oxygens (including phenoxy) is 1. The maximum Gasteiger partial charge on any atom is 0.248 e. The van der Waals surface area contributed by atoms with Crippen LogP contribution in [0.3, 0.4) is 0 Å². The van der Waals surface area contributed by atoms with Crippen molar-refractivity contribution in [2.75, 3.05) is 5.75 Å². The van der Waals surface area contributed by atoms with E-state index in [9.17, 15) is 17.6 Å². The molecule has 0 aliphatic rings. The summed E-state index contributed by atoms with van der Waals surface area (Å²) in [6.45, 7) is 5.81. The first-order valence-electron chi connectivity index (χ1n) is 11.8. The molecule has 0 saturated heterocycles. The monoisotopic (exact) mass is 508 g/mol. The second kappa shape index (κ2) is 10.1. The largest absolute Gasteiger partial charge is 0.491 e. The van der Waals surface area contributed by atoms with Crippen molar-refractivity contribution < 1.29 is 22.3 Å². The highest BCUT2D eigenvalue weighted by Gasteiger charge is 2.16. The van der Waals surface area contributed by atoms with E-state index in [0.717, 1.165) is 27.7 Å². The van der Waals surface area contributed by atoms with Gasteiger partial charge in [-0.2, -0.15) is 0 Å². The van der Waals surface area contributed by atoms with E-state index in [0.29, 0.717) is 29.2 Å². The Labute approximate surface area is 210 Å². The van der Waals surface area contributed by atoms with Gasteiger partial charge in [0.05, 0.1) is 23.3 Å². The van der Waals surface area contributed by atoms with Crippen molar-refractivity contribution in [1.29, 1.82) is 0 Å². The predicted octanol–water partition coefficient (Wildman–Crippen LogP) is 5.10. The Bertz CT molecular complexity index is 1520. The molecule has 4 aromatic rings. The van der Waals surface area contributed by atoms with E-state index in [1.807, 2.05) is 38.1 Å². The van der Waals surface area contributed by atoms with Gasteiger partial charge in [0, 0.05) is 40.2 Å². The fourth-order valence-electron chi connectivity index (χ4n) is 4.20. The van der Waals surface area contributed by atoms with Crippen LogP contribution in [0.25, 0.3) is 10.9 Å². The van der Waals surface area contributed by atoms with Gasteiger partial charge >= 0.3 is 0 Å². The van der Waals surface area contributed by atoms with Gasteiger partial charge in [-0.3, -0.25) is 4.79 Å². The number of carbonyl (C=O) groups is 1. The highest BCUT2D eigenvalue weighted by Crippen LogP contribution is 2.29. The minimum atomic E-state index is -3.28. The van der Waals surface area contributed by atoms with Gasteiger partial charge in [-0.25, -0.2) is 12.8 Å². The summed E-state index contributed by atoms with van der Waals surface area (Å²) < 4.78 is 46.3. The Morgan fingerprint density at radius 2 is 1.75 bits per heavy atom. The van der Waals surface area contributed by atoms with Gasteiger partial charge < -0.3 is 15.0 Å². The predicted molar refractivity (Wildman–Crippen MR) is 139 cm³/mol. The van der Waals surface area contributed by atoms with Gasteiger partial charge in [-0.15, -0.1) is 0 Å². The summed E-state index contributed by atoms with van der Waals surface area (Å²) in [7, 11) is -3.28. The first-order chi connectivity index (χ1) is 17.1. The molecule has 188 valence electrons. The molecule has 3 aromatic carbocycles. The number of nitrogens with two attached hydrogens (primary N) is 1. The number of rotatable bonds is 9. The number of primary amides is 1. The van der Waals surface area contributed by atoms with Gasteiger partial charge in [-0.1, -0.05) is 25.1 Å². The second-order valence-corrected chi connectivity index (χ2v) is 11.3. The van der Waals surface area contributed by atoms with E-state index in [-0.39, 0.29) is 17.7 Å². The number of benzene rings is 3. The lowest BCUT2D eigenvalue weighted by atomic mass is 10.1. The Kier molecular flexibility index (Phi) is 7.17. The number of carbonyl (C=O) groups excluding carboxylic acids is 1. The topological polar surface area (TPSA) is 91.4 Å². The molecule has 6 nitrogen and oxygen atoms in total. The van der Waals surface area contributed by atoms with Crippen molar-refractivity contribution in [3.63, 3.8) is 0 Å². The third-order valence-electron chi connectivity index (χ3n) is 6.04. The highest BCUT2D eigenvalue weighted by molar-refractivity contribution is 7.91. The standard InChI is InChI=1S/C28H29FN2O4S/c1-4-36(33,34)25-10-5-19(6-11-25)13-24-15-22-14-20(28(30)32)8-12-26(22)31(24)17-21-7-9-23(29)16-27(21)35-18(2)3/h5-12,14-16,18H,4,13,17H2,1-3H3,(H2,30,32). The Morgan fingerprint density at radius 1 is 1.03 bits per heavy atom. The molecular weight excluding hydrogens is 479 g/mol. The van der Waals surface area contributed by atoms with Crippen LogP contribution in [0.4, 0.5) is 4.39 Å². The van der Waals surface area contributed by atoms with Crippen molar-refractivity contribution >= 4 is 26.6 Å². The smallest absolute Gasteiger partial charge is 0.248 e. The van der Waals surface area contributed by atoms with Crippen molar-refractivity contribution in [2.45, 2.75) is 44.7 Å². The van der Waals surface area contributed by atoms with Crippen LogP contribution in [0, 0.1) is 5.82 Å². The minimum absolute atomic E-state index is 0.0429. The van der Waals surface area contributed by atoms with E-state index in [1.54, 1.807) is 37.3 Å². The molecule has 0 bridgehead atoms. The summed E-state index contributed by atoms with van der Waals surface area (Å²) in [6.07, 6.45) is 0.400. The van der Waals surface area contributed by atoms with E-state index >= 15 is 0 Å². The summed E-state index contributed by atoms with van der Waals surface area (Å²) in [4.78, 5) is 12.0. The lowest BCUT2D eigenvalue weighted by molar-refractivity contribution is 0.100. The Hall–Kier alpha value is -3.65. The van der Waals surface area contributed by atoms with Gasteiger partial charge in [0.25, 0.3) is 0 Å². The average molecular weight is 509 g/mol. The quantitative estimate of drug-likeness (QED) is 0.341. The second-order valence-electron chi connectivity index (χ2n) is 9.00. The number of nitrogens with zero attached hydrogens (tertiary/aromatic N) is 1. The van der Waals surface area contributed by atoms with Gasteiger partial charge in [0.2, 0.25) is 5.91 Å². The minimum Gasteiger partial charge on any atom is -0.491 e. The van der Waals surface area contributed by atoms with Crippen LogP contribution in [-0.2, 0) is 22.8 Å². The van der Waals surface area contributed by atoms with Crippen molar-refractivity contribution in [3.05, 3.63) is 94.9 Å². The van der Waals surface area contributed by atoms with Crippen molar-refractivity contribution in [3.8, 4) is 5.75 Å². The summed E-state index contributed by atoms with van der Waals surface area (Å²) in [6, 6.07) is 18.7. The maximum atomic E-state index is 14.0. The molecule has 0 aliphatic carbocycles. The molecule has 36 heavy (non-hydrogen) atoms. The summed E-state index contributed by atoms with van der Waals surface area (Å²) in [5.41, 5.74) is 9.47. The number of halogens is 1. The van der Waals surface area contributed by atoms with Crippen LogP contribution in [-0.4, -0.2) is 30.7 Å². The third kappa shape index (κ3) is 5.44. The molecular formula is C28H29FN2O4S.